The molecule has 1 atom stereocenters. The molecule has 3 saturated heterocycles. The predicted octanol–water partition coefficient (Wildman–Crippen LogP) is 1.29. The van der Waals surface area contributed by atoms with Crippen molar-refractivity contribution in [3.8, 4) is 0 Å². The zero-order chi connectivity index (χ0) is 20.9. The Morgan fingerprint density at radius 2 is 1.77 bits per heavy atom. The summed E-state index contributed by atoms with van der Waals surface area (Å²) in [6.07, 6.45) is 5.45. The Balaban J connectivity index is 1.50. The highest BCUT2D eigenvalue weighted by molar-refractivity contribution is 6.00. The van der Waals surface area contributed by atoms with Gasteiger partial charge in [-0.05, 0) is 62.7 Å². The third kappa shape index (κ3) is 3.05. The number of imidazole rings is 1. The third-order valence-electron chi connectivity index (χ3n) is 7.43. The summed E-state index contributed by atoms with van der Waals surface area (Å²) in [5.41, 5.74) is 2.94. The van der Waals surface area contributed by atoms with Gasteiger partial charge in [0.2, 0.25) is 11.8 Å². The summed E-state index contributed by atoms with van der Waals surface area (Å²) in [6.45, 7) is 4.19. The Morgan fingerprint density at radius 1 is 1.03 bits per heavy atom. The summed E-state index contributed by atoms with van der Waals surface area (Å²) >= 11 is 0. The lowest BCUT2D eigenvalue weighted by Crippen LogP contribution is -2.45. The Hall–Kier alpha value is -2.61. The fourth-order valence-electron chi connectivity index (χ4n) is 5.58. The minimum absolute atomic E-state index is 0.209. The molecular weight excluding hydrogens is 382 g/mol. The molecule has 30 heavy (non-hydrogen) atoms. The molecule has 160 valence electrons. The topological polar surface area (TPSA) is 88.4 Å². The van der Waals surface area contributed by atoms with Crippen LogP contribution in [0.5, 0.6) is 0 Å². The number of aromatic nitrogens is 2. The van der Waals surface area contributed by atoms with Crippen molar-refractivity contribution < 1.29 is 9.59 Å². The van der Waals surface area contributed by atoms with Crippen LogP contribution in [0.2, 0.25) is 0 Å². The number of piperidine rings is 3. The lowest BCUT2D eigenvalue weighted by atomic mass is 9.71. The number of hydrogen-bond donors (Lipinski definition) is 2. The summed E-state index contributed by atoms with van der Waals surface area (Å²) in [4.78, 5) is 39.5. The van der Waals surface area contributed by atoms with Crippen molar-refractivity contribution >= 4 is 28.5 Å². The number of nitrogens with one attached hydrogen (secondary N) is 2. The van der Waals surface area contributed by atoms with Crippen LogP contribution in [0.15, 0.2) is 23.0 Å². The van der Waals surface area contributed by atoms with Gasteiger partial charge in [-0.3, -0.25) is 24.0 Å². The quantitative estimate of drug-likeness (QED) is 0.727. The zero-order valence-electron chi connectivity index (χ0n) is 17.4. The van der Waals surface area contributed by atoms with Gasteiger partial charge in [0.25, 0.3) is 0 Å². The maximum Gasteiger partial charge on any atom is 0.329 e. The van der Waals surface area contributed by atoms with E-state index in [9.17, 15) is 14.4 Å². The first kappa shape index (κ1) is 19.4. The van der Waals surface area contributed by atoms with Gasteiger partial charge in [-0.25, -0.2) is 4.79 Å². The average Bonchev–Trinajstić information content (AvgIpc) is 3.00. The van der Waals surface area contributed by atoms with Crippen LogP contribution in [0, 0.1) is 5.41 Å². The Kier molecular flexibility index (Phi) is 4.69. The summed E-state index contributed by atoms with van der Waals surface area (Å²) < 4.78 is 3.22. The molecule has 0 saturated carbocycles. The number of hydrogen-bond acceptors (Lipinski definition) is 5. The van der Waals surface area contributed by atoms with Crippen LogP contribution < -0.4 is 21.2 Å². The highest BCUT2D eigenvalue weighted by Crippen LogP contribution is 2.41. The molecule has 1 aromatic carbocycles. The van der Waals surface area contributed by atoms with Gasteiger partial charge in [-0.15, -0.1) is 0 Å². The number of carbonyl (C=O) groups is 2. The van der Waals surface area contributed by atoms with Crippen LogP contribution in [0.3, 0.4) is 0 Å². The number of anilines is 1. The van der Waals surface area contributed by atoms with E-state index in [1.54, 1.807) is 16.2 Å². The van der Waals surface area contributed by atoms with Crippen molar-refractivity contribution in [2.24, 2.45) is 12.5 Å². The van der Waals surface area contributed by atoms with Crippen LogP contribution in [0.25, 0.3) is 11.0 Å². The molecule has 0 bridgehead atoms. The number of aryl methyl sites for hydroxylation is 1. The van der Waals surface area contributed by atoms with E-state index in [4.69, 9.17) is 0 Å². The summed E-state index contributed by atoms with van der Waals surface area (Å²) in [7, 11) is 1.77. The molecule has 4 heterocycles. The molecule has 1 aromatic heterocycles. The minimum Gasteiger partial charge on any atom is -0.370 e. The Bertz CT molecular complexity index is 1050. The van der Waals surface area contributed by atoms with E-state index >= 15 is 0 Å². The monoisotopic (exact) mass is 411 g/mol. The highest BCUT2D eigenvalue weighted by Gasteiger charge is 2.37. The summed E-state index contributed by atoms with van der Waals surface area (Å²) in [5.74, 6) is -0.664. The van der Waals surface area contributed by atoms with Crippen molar-refractivity contribution in [3.63, 3.8) is 0 Å². The maximum absolute atomic E-state index is 13.1. The van der Waals surface area contributed by atoms with Crippen LogP contribution in [-0.4, -0.2) is 47.1 Å². The molecule has 3 aliphatic heterocycles. The van der Waals surface area contributed by atoms with Gasteiger partial charge in [0.1, 0.15) is 6.04 Å². The number of para-hydroxylation sites is 1. The zero-order valence-corrected chi connectivity index (χ0v) is 17.4. The fourth-order valence-corrected chi connectivity index (χ4v) is 5.58. The number of fused-ring (bicyclic) bond motifs is 1. The molecule has 8 heteroatoms. The van der Waals surface area contributed by atoms with E-state index in [-0.39, 0.29) is 18.0 Å². The smallest absolute Gasteiger partial charge is 0.329 e. The molecule has 3 fully saturated rings. The number of rotatable bonds is 2. The summed E-state index contributed by atoms with van der Waals surface area (Å²) in [5, 5.41) is 5.85. The molecule has 0 radical (unpaired) electrons. The molecular formula is C22H29N5O3. The van der Waals surface area contributed by atoms with Gasteiger partial charge >= 0.3 is 5.69 Å². The van der Waals surface area contributed by atoms with Gasteiger partial charge < -0.3 is 10.2 Å². The van der Waals surface area contributed by atoms with Gasteiger partial charge in [0, 0.05) is 26.6 Å². The van der Waals surface area contributed by atoms with Crippen LogP contribution in [0.4, 0.5) is 5.69 Å². The summed E-state index contributed by atoms with van der Waals surface area (Å²) in [6, 6.07) is 5.31. The molecule has 1 spiro atoms. The standard InChI is InChI=1S/C22H29N5O3/c1-25-19-15(26-13-9-22(10-14-26)7-11-23-12-8-22)3-2-4-16(19)27(21(25)30)17-5-6-18(28)24-20(17)29/h2-4,17,23H,5-14H2,1H3,(H,24,28,29). The number of amides is 2. The average molecular weight is 412 g/mol. The molecule has 2 aromatic rings. The number of benzene rings is 1. The fraction of sp³-hybridized carbons (Fsp3) is 0.591. The number of nitrogens with zero attached hydrogens (tertiary/aromatic N) is 3. The lowest BCUT2D eigenvalue weighted by Gasteiger charge is -2.45. The van der Waals surface area contributed by atoms with Crippen molar-refractivity contribution in [2.45, 2.75) is 44.6 Å². The second-order valence-electron chi connectivity index (χ2n) is 9.06. The van der Waals surface area contributed by atoms with Gasteiger partial charge in [-0.1, -0.05) is 6.07 Å². The van der Waals surface area contributed by atoms with E-state index in [1.165, 1.54) is 25.7 Å². The van der Waals surface area contributed by atoms with Crippen LogP contribution >= 0.6 is 0 Å². The van der Waals surface area contributed by atoms with Crippen molar-refractivity contribution in [1.29, 1.82) is 0 Å². The molecule has 8 nitrogen and oxygen atoms in total. The highest BCUT2D eigenvalue weighted by atomic mass is 16.2. The Morgan fingerprint density at radius 3 is 2.47 bits per heavy atom. The van der Waals surface area contributed by atoms with Gasteiger partial charge in [0.15, 0.2) is 0 Å². The Labute approximate surface area is 175 Å². The largest absolute Gasteiger partial charge is 0.370 e. The van der Waals surface area contributed by atoms with Crippen molar-refractivity contribution in [1.82, 2.24) is 19.8 Å². The van der Waals surface area contributed by atoms with E-state index in [2.05, 4.69) is 21.6 Å². The van der Waals surface area contributed by atoms with Crippen molar-refractivity contribution in [2.75, 3.05) is 31.1 Å². The molecule has 2 N–H and O–H groups in total. The first-order chi connectivity index (χ1) is 14.5. The minimum atomic E-state index is -0.645. The van der Waals surface area contributed by atoms with Gasteiger partial charge in [-0.2, -0.15) is 0 Å². The number of imide groups is 1. The van der Waals surface area contributed by atoms with E-state index in [0.29, 0.717) is 11.8 Å². The molecule has 2 amide bonds. The number of carbonyl (C=O) groups excluding carboxylic acids is 2. The van der Waals surface area contributed by atoms with E-state index in [1.807, 2.05) is 12.1 Å². The predicted molar refractivity (Wildman–Crippen MR) is 115 cm³/mol. The normalized spacial score (nSPS) is 24.4. The van der Waals surface area contributed by atoms with Gasteiger partial charge in [0.05, 0.1) is 16.7 Å². The van der Waals surface area contributed by atoms with Crippen LogP contribution in [-0.2, 0) is 16.6 Å². The van der Waals surface area contributed by atoms with Crippen molar-refractivity contribution in [3.05, 3.63) is 28.7 Å². The second kappa shape index (κ2) is 7.27. The lowest BCUT2D eigenvalue weighted by molar-refractivity contribution is -0.135. The van der Waals surface area contributed by atoms with E-state index in [0.717, 1.165) is 42.9 Å². The molecule has 5 rings (SSSR count). The SMILES string of the molecule is Cn1c(=O)n(C2CCC(=O)NC2=O)c2cccc(N3CCC4(CCNCC4)CC3)c21. The van der Waals surface area contributed by atoms with Crippen LogP contribution in [0.1, 0.15) is 44.6 Å². The first-order valence-corrected chi connectivity index (χ1v) is 11.0. The molecule has 3 aliphatic rings. The second-order valence-corrected chi connectivity index (χ2v) is 9.06. The van der Waals surface area contributed by atoms with E-state index < -0.39 is 11.9 Å². The first-order valence-electron chi connectivity index (χ1n) is 11.0. The third-order valence-corrected chi connectivity index (χ3v) is 7.43. The molecule has 0 aliphatic carbocycles. The maximum atomic E-state index is 13.1. The molecule has 1 unspecified atom stereocenters.